The fourth-order valence-electron chi connectivity index (χ4n) is 1.64. The lowest BCUT2D eigenvalue weighted by atomic mass is 10.1. The van der Waals surface area contributed by atoms with Gasteiger partial charge in [0.25, 0.3) is 0 Å². The molecule has 0 atom stereocenters. The third-order valence-electron chi connectivity index (χ3n) is 2.59. The number of nitrogens with one attached hydrogen (secondary N) is 1. The van der Waals surface area contributed by atoms with E-state index in [-0.39, 0.29) is 5.56 Å². The number of hydrogen-bond donors (Lipinski definition) is 2. The summed E-state index contributed by atoms with van der Waals surface area (Å²) in [6.07, 6.45) is 0. The van der Waals surface area contributed by atoms with Crippen LogP contribution in [0.3, 0.4) is 0 Å². The fraction of sp³-hybridized carbons (Fsp3) is 0.0714. The highest BCUT2D eigenvalue weighted by molar-refractivity contribution is 6.30. The predicted molar refractivity (Wildman–Crippen MR) is 72.1 cm³/mol. The Morgan fingerprint density at radius 1 is 1.26 bits per heavy atom. The molecule has 0 heterocycles. The highest BCUT2D eigenvalue weighted by Gasteiger charge is 2.10. The van der Waals surface area contributed by atoms with Gasteiger partial charge < -0.3 is 10.4 Å². The molecule has 0 bridgehead atoms. The van der Waals surface area contributed by atoms with Crippen molar-refractivity contribution in [2.24, 2.45) is 0 Å². The first-order chi connectivity index (χ1) is 9.06. The van der Waals surface area contributed by atoms with E-state index >= 15 is 0 Å². The molecule has 0 saturated carbocycles. The summed E-state index contributed by atoms with van der Waals surface area (Å²) in [5.41, 5.74) is 1.14. The van der Waals surface area contributed by atoms with E-state index in [0.717, 1.165) is 5.69 Å². The Morgan fingerprint density at radius 2 is 2.05 bits per heavy atom. The molecule has 2 rings (SSSR count). The van der Waals surface area contributed by atoms with E-state index in [2.05, 4.69) is 5.32 Å². The standard InChI is InChI=1S/C14H11ClFNO2/c15-10-2-1-3-11(7-10)17-8-9-4-5-12(14(18)19)13(16)6-9/h1-7,17H,8H2,(H,18,19). The molecule has 0 unspecified atom stereocenters. The van der Waals surface area contributed by atoms with Crippen molar-refractivity contribution in [3.8, 4) is 0 Å². The minimum atomic E-state index is -1.27. The van der Waals surface area contributed by atoms with Gasteiger partial charge in [-0.2, -0.15) is 0 Å². The smallest absolute Gasteiger partial charge is 0.338 e. The molecule has 2 aromatic rings. The molecule has 0 amide bonds. The van der Waals surface area contributed by atoms with Gasteiger partial charge in [0, 0.05) is 17.3 Å². The molecule has 2 N–H and O–H groups in total. The minimum absolute atomic E-state index is 0.327. The number of aromatic carboxylic acids is 1. The second-order valence-electron chi connectivity index (χ2n) is 3.98. The van der Waals surface area contributed by atoms with Crippen molar-refractivity contribution < 1.29 is 14.3 Å². The summed E-state index contributed by atoms with van der Waals surface area (Å²) in [6, 6.07) is 11.2. The summed E-state index contributed by atoms with van der Waals surface area (Å²) in [4.78, 5) is 10.7. The highest BCUT2D eigenvalue weighted by Crippen LogP contribution is 2.17. The van der Waals surface area contributed by atoms with E-state index in [4.69, 9.17) is 16.7 Å². The zero-order valence-electron chi connectivity index (χ0n) is 9.86. The van der Waals surface area contributed by atoms with Crippen LogP contribution >= 0.6 is 11.6 Å². The lowest BCUT2D eigenvalue weighted by molar-refractivity contribution is 0.0692. The van der Waals surface area contributed by atoms with Crippen LogP contribution in [0.15, 0.2) is 42.5 Å². The average Bonchev–Trinajstić information content (AvgIpc) is 2.36. The monoisotopic (exact) mass is 279 g/mol. The predicted octanol–water partition coefficient (Wildman–Crippen LogP) is 3.79. The first kappa shape index (κ1) is 13.4. The minimum Gasteiger partial charge on any atom is -0.478 e. The van der Waals surface area contributed by atoms with Gasteiger partial charge in [-0.3, -0.25) is 0 Å². The van der Waals surface area contributed by atoms with Crippen molar-refractivity contribution in [3.63, 3.8) is 0 Å². The number of halogens is 2. The van der Waals surface area contributed by atoms with Crippen LogP contribution in [0.1, 0.15) is 15.9 Å². The summed E-state index contributed by atoms with van der Waals surface area (Å²) >= 11 is 5.84. The molecule has 0 aromatic heterocycles. The van der Waals surface area contributed by atoms with Gasteiger partial charge in [0.1, 0.15) is 5.82 Å². The number of carboxylic acids is 1. The van der Waals surface area contributed by atoms with Crippen molar-refractivity contribution >= 4 is 23.3 Å². The Balaban J connectivity index is 2.08. The van der Waals surface area contributed by atoms with Gasteiger partial charge in [-0.05, 0) is 35.9 Å². The topological polar surface area (TPSA) is 49.3 Å². The lowest BCUT2D eigenvalue weighted by Gasteiger charge is -2.07. The summed E-state index contributed by atoms with van der Waals surface area (Å²) in [6.45, 7) is 0.386. The number of anilines is 1. The summed E-state index contributed by atoms with van der Waals surface area (Å²) in [7, 11) is 0. The van der Waals surface area contributed by atoms with E-state index in [1.165, 1.54) is 12.1 Å². The molecular formula is C14H11ClFNO2. The van der Waals surface area contributed by atoms with E-state index in [1.54, 1.807) is 24.3 Å². The van der Waals surface area contributed by atoms with Crippen LogP contribution in [0.25, 0.3) is 0 Å². The second kappa shape index (κ2) is 5.71. The van der Waals surface area contributed by atoms with Crippen molar-refractivity contribution in [2.45, 2.75) is 6.54 Å². The summed E-state index contributed by atoms with van der Waals surface area (Å²) in [5.74, 6) is -2.01. The van der Waals surface area contributed by atoms with Crippen molar-refractivity contribution in [3.05, 3.63) is 64.4 Å². The Kier molecular flexibility index (Phi) is 4.02. The van der Waals surface area contributed by atoms with Crippen LogP contribution in [0.5, 0.6) is 0 Å². The van der Waals surface area contributed by atoms with Crippen LogP contribution < -0.4 is 5.32 Å². The molecule has 0 aliphatic heterocycles. The molecule has 0 aliphatic rings. The van der Waals surface area contributed by atoms with Crippen LogP contribution in [-0.2, 0) is 6.54 Å². The Bertz CT molecular complexity index is 616. The number of benzene rings is 2. The SMILES string of the molecule is O=C(O)c1ccc(CNc2cccc(Cl)c2)cc1F. The van der Waals surface area contributed by atoms with Gasteiger partial charge in [-0.1, -0.05) is 23.7 Å². The highest BCUT2D eigenvalue weighted by atomic mass is 35.5. The fourth-order valence-corrected chi connectivity index (χ4v) is 1.83. The molecule has 0 fully saturated rings. The van der Waals surface area contributed by atoms with Gasteiger partial charge >= 0.3 is 5.97 Å². The molecule has 19 heavy (non-hydrogen) atoms. The molecule has 0 saturated heterocycles. The molecule has 3 nitrogen and oxygen atoms in total. The van der Waals surface area contributed by atoms with Crippen LogP contribution in [0, 0.1) is 5.82 Å². The molecule has 5 heteroatoms. The molecular weight excluding hydrogens is 269 g/mol. The molecule has 2 aromatic carbocycles. The maximum Gasteiger partial charge on any atom is 0.338 e. The molecule has 0 radical (unpaired) electrons. The van der Waals surface area contributed by atoms with Crippen molar-refractivity contribution in [1.29, 1.82) is 0 Å². The third kappa shape index (κ3) is 3.45. The zero-order valence-corrected chi connectivity index (χ0v) is 10.6. The van der Waals surface area contributed by atoms with E-state index in [1.807, 2.05) is 6.07 Å². The molecule has 0 aliphatic carbocycles. The van der Waals surface area contributed by atoms with E-state index in [9.17, 15) is 9.18 Å². The quantitative estimate of drug-likeness (QED) is 0.895. The lowest BCUT2D eigenvalue weighted by Crippen LogP contribution is -2.04. The second-order valence-corrected chi connectivity index (χ2v) is 4.42. The molecule has 0 spiro atoms. The Hall–Kier alpha value is -2.07. The number of hydrogen-bond acceptors (Lipinski definition) is 2. The van der Waals surface area contributed by atoms with Gasteiger partial charge in [-0.15, -0.1) is 0 Å². The Morgan fingerprint density at radius 3 is 2.68 bits per heavy atom. The summed E-state index contributed by atoms with van der Waals surface area (Å²) < 4.78 is 13.5. The van der Waals surface area contributed by atoms with Crippen LogP contribution in [-0.4, -0.2) is 11.1 Å². The summed E-state index contributed by atoms with van der Waals surface area (Å²) in [5, 5.41) is 12.4. The Labute approximate surface area is 114 Å². The first-order valence-electron chi connectivity index (χ1n) is 5.57. The normalized spacial score (nSPS) is 10.2. The van der Waals surface area contributed by atoms with E-state index in [0.29, 0.717) is 17.1 Å². The van der Waals surface area contributed by atoms with Crippen molar-refractivity contribution in [1.82, 2.24) is 0 Å². The first-order valence-corrected chi connectivity index (χ1v) is 5.95. The largest absolute Gasteiger partial charge is 0.478 e. The number of rotatable bonds is 4. The maximum atomic E-state index is 13.5. The maximum absolute atomic E-state index is 13.5. The van der Waals surface area contributed by atoms with Crippen molar-refractivity contribution in [2.75, 3.05) is 5.32 Å². The van der Waals surface area contributed by atoms with Gasteiger partial charge in [0.15, 0.2) is 0 Å². The van der Waals surface area contributed by atoms with Crippen LogP contribution in [0.2, 0.25) is 5.02 Å². The molecule has 98 valence electrons. The van der Waals surface area contributed by atoms with Gasteiger partial charge in [0.2, 0.25) is 0 Å². The number of carboxylic acid groups (broad SMARTS) is 1. The van der Waals surface area contributed by atoms with Crippen LogP contribution in [0.4, 0.5) is 10.1 Å². The average molecular weight is 280 g/mol. The van der Waals surface area contributed by atoms with Gasteiger partial charge in [-0.25, -0.2) is 9.18 Å². The van der Waals surface area contributed by atoms with Gasteiger partial charge in [0.05, 0.1) is 5.56 Å². The zero-order chi connectivity index (χ0) is 13.8. The van der Waals surface area contributed by atoms with E-state index < -0.39 is 11.8 Å². The third-order valence-corrected chi connectivity index (χ3v) is 2.82. The number of carbonyl (C=O) groups is 1.